The Balaban J connectivity index is 0.000000439. The zero-order valence-electron chi connectivity index (χ0n) is 37.0. The summed E-state index contributed by atoms with van der Waals surface area (Å²) in [5.41, 5.74) is 4.75. The van der Waals surface area contributed by atoms with Crippen LogP contribution in [0.4, 0.5) is 13.2 Å². The maximum absolute atomic E-state index is 14.1. The summed E-state index contributed by atoms with van der Waals surface area (Å²) >= 11 is 0. The number of fused-ring (bicyclic) bond motifs is 1. The number of hydrogen-bond acceptors (Lipinski definition) is 3. The largest absolute Gasteiger partial charge is 0.512 e. The van der Waals surface area contributed by atoms with Crippen LogP contribution >= 0.6 is 0 Å². The molecule has 1 aromatic heterocycles. The summed E-state index contributed by atoms with van der Waals surface area (Å²) < 4.78 is 42.4. The first kappa shape index (κ1) is 49.3. The average Bonchev–Trinajstić information content (AvgIpc) is 3.18. The van der Waals surface area contributed by atoms with E-state index >= 15 is 0 Å². The number of aliphatic hydroxyl groups is 1. The predicted molar refractivity (Wildman–Crippen MR) is 237 cm³/mol. The van der Waals surface area contributed by atoms with E-state index in [0.29, 0.717) is 16.8 Å². The van der Waals surface area contributed by atoms with E-state index in [0.717, 1.165) is 65.8 Å². The zero-order valence-corrected chi connectivity index (χ0v) is 39.4. The van der Waals surface area contributed by atoms with E-state index in [2.05, 4.69) is 82.9 Å². The standard InChI is InChI=1S/C37H35F3N.C15H28O2.Ir/c1-35(2,3)22-24-11-13-25(14-12-24)26-15-17-27(18-16-26)31-21-34(41-23-33(31)37(38,39)40)29-19-28-9-7-8-10-30(28)32(20-29)36(4,5)6;1-7-14(5,8-2)12(16)11-13(17)15(6,9-3)10-4;/h7-18,20-21,23H,22H2,1-6H3;11,16H,7-10H2,1-6H3;/q-1;;/b;12-11-;. The fourth-order valence-corrected chi connectivity index (χ4v) is 7.01. The molecule has 0 amide bonds. The second-order valence-electron chi connectivity index (χ2n) is 18.4. The average molecular weight is 983 g/mol. The molecule has 0 aliphatic heterocycles. The third-order valence-electron chi connectivity index (χ3n) is 11.9. The van der Waals surface area contributed by atoms with Crippen molar-refractivity contribution in [1.29, 1.82) is 0 Å². The zero-order chi connectivity index (χ0) is 43.3. The van der Waals surface area contributed by atoms with Crippen molar-refractivity contribution >= 4 is 16.6 Å². The van der Waals surface area contributed by atoms with Crippen LogP contribution in [0.15, 0.2) is 103 Å². The molecule has 0 unspecified atom stereocenters. The number of halogens is 3. The van der Waals surface area contributed by atoms with Crippen molar-refractivity contribution in [2.24, 2.45) is 16.2 Å². The van der Waals surface area contributed by atoms with E-state index in [1.165, 1.54) is 11.6 Å². The molecule has 0 bridgehead atoms. The molecule has 1 radical (unpaired) electrons. The fourth-order valence-electron chi connectivity index (χ4n) is 7.01. The Labute approximate surface area is 365 Å². The van der Waals surface area contributed by atoms with E-state index in [9.17, 15) is 23.1 Å². The van der Waals surface area contributed by atoms with Gasteiger partial charge in [0.2, 0.25) is 0 Å². The first-order chi connectivity index (χ1) is 27.0. The number of benzene rings is 4. The SMILES string of the molecule is CC(C)(C)Cc1ccc(-c2ccc(-c3cc(-c4[c-]c5ccccc5c(C(C)(C)C)c4)ncc3C(F)(F)F)cc2)cc1.CCC(C)(CC)C(=O)/C=C(\O)C(C)(CC)CC.[Ir]. The van der Waals surface area contributed by atoms with E-state index in [1.54, 1.807) is 18.2 Å². The van der Waals surface area contributed by atoms with Crippen molar-refractivity contribution in [2.75, 3.05) is 0 Å². The number of nitrogens with zero attached hydrogens (tertiary/aromatic N) is 1. The Kier molecular flexibility index (Phi) is 16.3. The molecule has 3 nitrogen and oxygen atoms in total. The number of rotatable bonds is 11. The van der Waals surface area contributed by atoms with Crippen LogP contribution in [-0.4, -0.2) is 15.9 Å². The Morgan fingerprint density at radius 3 is 1.69 bits per heavy atom. The Hall–Kier alpha value is -4.06. The number of hydrogen-bond donors (Lipinski definition) is 1. The summed E-state index contributed by atoms with van der Waals surface area (Å²) in [5.74, 6) is 0.286. The minimum atomic E-state index is -4.54. The molecule has 0 fully saturated rings. The van der Waals surface area contributed by atoms with Crippen molar-refractivity contribution in [2.45, 2.75) is 127 Å². The van der Waals surface area contributed by atoms with Crippen LogP contribution in [-0.2, 0) is 42.9 Å². The minimum Gasteiger partial charge on any atom is -0.512 e. The number of aliphatic hydroxyl groups excluding tert-OH is 1. The summed E-state index contributed by atoms with van der Waals surface area (Å²) in [6.07, 6.45) is 2.14. The van der Waals surface area contributed by atoms with Gasteiger partial charge in [-0.15, -0.1) is 29.1 Å². The van der Waals surface area contributed by atoms with Crippen molar-refractivity contribution in [1.82, 2.24) is 4.98 Å². The van der Waals surface area contributed by atoms with Crippen LogP contribution in [0.25, 0.3) is 44.3 Å². The Morgan fingerprint density at radius 1 is 0.695 bits per heavy atom. The molecule has 5 aromatic rings. The number of carbonyl (C=O) groups is 1. The van der Waals surface area contributed by atoms with Gasteiger partial charge in [0.25, 0.3) is 0 Å². The molecule has 0 aliphatic rings. The van der Waals surface area contributed by atoms with Gasteiger partial charge in [0.15, 0.2) is 5.78 Å². The van der Waals surface area contributed by atoms with Crippen LogP contribution in [0.5, 0.6) is 0 Å². The maximum atomic E-state index is 14.1. The third-order valence-corrected chi connectivity index (χ3v) is 11.9. The number of carbonyl (C=O) groups excluding carboxylic acids is 1. The normalized spacial score (nSPS) is 12.8. The van der Waals surface area contributed by atoms with Crippen molar-refractivity contribution in [3.63, 3.8) is 0 Å². The number of allylic oxidation sites excluding steroid dienone is 2. The first-order valence-electron chi connectivity index (χ1n) is 20.7. The number of aromatic nitrogens is 1. The van der Waals surface area contributed by atoms with Gasteiger partial charge in [-0.3, -0.25) is 9.78 Å². The molecule has 319 valence electrons. The van der Waals surface area contributed by atoms with Crippen molar-refractivity contribution in [3.8, 4) is 33.5 Å². The summed E-state index contributed by atoms with van der Waals surface area (Å²) in [7, 11) is 0. The topological polar surface area (TPSA) is 50.2 Å². The Morgan fingerprint density at radius 2 is 1.20 bits per heavy atom. The molecule has 4 aromatic carbocycles. The maximum Gasteiger partial charge on any atom is 0.418 e. The van der Waals surface area contributed by atoms with Crippen LogP contribution in [0.2, 0.25) is 0 Å². The van der Waals surface area contributed by atoms with Gasteiger partial charge in [0.1, 0.15) is 5.76 Å². The quantitative estimate of drug-likeness (QED) is 0.0815. The van der Waals surface area contributed by atoms with Gasteiger partial charge >= 0.3 is 6.18 Å². The summed E-state index contributed by atoms with van der Waals surface area (Å²) in [4.78, 5) is 16.5. The molecule has 59 heavy (non-hydrogen) atoms. The fraction of sp³-hybridized carbons (Fsp3) is 0.423. The van der Waals surface area contributed by atoms with E-state index < -0.39 is 11.7 Å². The Bertz CT molecular complexity index is 2200. The molecule has 0 spiro atoms. The second kappa shape index (κ2) is 19.5. The van der Waals surface area contributed by atoms with Crippen LogP contribution < -0.4 is 0 Å². The molecular formula is C52H63F3IrNO2-. The van der Waals surface area contributed by atoms with Gasteiger partial charge in [-0.05, 0) is 70.8 Å². The number of pyridine rings is 1. The predicted octanol–water partition coefficient (Wildman–Crippen LogP) is 15.6. The molecule has 5 rings (SSSR count). The van der Waals surface area contributed by atoms with Crippen LogP contribution in [0.1, 0.15) is 125 Å². The second-order valence-corrected chi connectivity index (χ2v) is 18.4. The third kappa shape index (κ3) is 12.3. The van der Waals surface area contributed by atoms with Gasteiger partial charge in [-0.2, -0.15) is 13.2 Å². The van der Waals surface area contributed by atoms with E-state index in [1.807, 2.05) is 77.9 Å². The monoisotopic (exact) mass is 983 g/mol. The molecule has 0 saturated carbocycles. The molecule has 7 heteroatoms. The van der Waals surface area contributed by atoms with Gasteiger partial charge in [0.05, 0.1) is 5.56 Å². The molecule has 0 saturated heterocycles. The summed E-state index contributed by atoms with van der Waals surface area (Å²) in [6.45, 7) is 25.1. The molecule has 0 atom stereocenters. The van der Waals surface area contributed by atoms with Crippen molar-refractivity contribution < 1.29 is 43.2 Å². The number of alkyl halides is 3. The van der Waals surface area contributed by atoms with Crippen LogP contribution in [0, 0.1) is 22.3 Å². The molecular weight excluding hydrogens is 920 g/mol. The molecule has 0 aliphatic carbocycles. The number of ketones is 1. The van der Waals surface area contributed by atoms with Gasteiger partial charge in [-0.25, -0.2) is 0 Å². The smallest absolute Gasteiger partial charge is 0.418 e. The van der Waals surface area contributed by atoms with Gasteiger partial charge in [-0.1, -0.05) is 167 Å². The molecule has 1 heterocycles. The van der Waals surface area contributed by atoms with Gasteiger partial charge in [0, 0.05) is 48.9 Å². The summed E-state index contributed by atoms with van der Waals surface area (Å²) in [6, 6.07) is 30.6. The van der Waals surface area contributed by atoms with Gasteiger partial charge < -0.3 is 5.11 Å². The van der Waals surface area contributed by atoms with Crippen molar-refractivity contribution in [3.05, 3.63) is 126 Å². The van der Waals surface area contributed by atoms with Crippen LogP contribution in [0.3, 0.4) is 0 Å². The summed E-state index contributed by atoms with van der Waals surface area (Å²) in [5, 5.41) is 12.1. The molecule has 1 N–H and O–H groups in total. The van der Waals surface area contributed by atoms with E-state index in [-0.39, 0.29) is 58.9 Å². The van der Waals surface area contributed by atoms with E-state index in [4.69, 9.17) is 0 Å². The minimum absolute atomic E-state index is 0. The first-order valence-corrected chi connectivity index (χ1v) is 20.7.